The monoisotopic (exact) mass is 297 g/mol. The molecule has 8 heteroatoms. The lowest BCUT2D eigenvalue weighted by molar-refractivity contribution is 0.577. The van der Waals surface area contributed by atoms with Gasteiger partial charge in [-0.15, -0.1) is 0 Å². The molecular formula is C12H19N5O2S. The minimum absolute atomic E-state index is 0.164. The number of likely N-dealkylation sites (N-methyl/N-ethyl adjacent to an activating group) is 1. The Morgan fingerprint density at radius 2 is 2.10 bits per heavy atom. The second kappa shape index (κ2) is 5.86. The predicted molar refractivity (Wildman–Crippen MR) is 77.0 cm³/mol. The van der Waals surface area contributed by atoms with Crippen LogP contribution < -0.4 is 10.0 Å². The predicted octanol–water partition coefficient (Wildman–Crippen LogP) is 0.165. The van der Waals surface area contributed by atoms with E-state index in [0.29, 0.717) is 18.7 Å². The summed E-state index contributed by atoms with van der Waals surface area (Å²) in [4.78, 5) is 4.34. The van der Waals surface area contributed by atoms with Gasteiger partial charge in [-0.2, -0.15) is 5.10 Å². The van der Waals surface area contributed by atoms with Crippen molar-refractivity contribution in [3.8, 4) is 0 Å². The van der Waals surface area contributed by atoms with E-state index in [-0.39, 0.29) is 4.90 Å². The third-order valence-electron chi connectivity index (χ3n) is 2.99. The Balaban J connectivity index is 2.25. The van der Waals surface area contributed by atoms with Gasteiger partial charge < -0.3 is 5.32 Å². The van der Waals surface area contributed by atoms with Crippen LogP contribution in [0, 0.1) is 6.92 Å². The van der Waals surface area contributed by atoms with Crippen molar-refractivity contribution in [3.63, 3.8) is 0 Å². The number of rotatable bonds is 6. The van der Waals surface area contributed by atoms with Gasteiger partial charge in [0.05, 0.1) is 5.69 Å². The Morgan fingerprint density at radius 1 is 1.35 bits per heavy atom. The van der Waals surface area contributed by atoms with Crippen LogP contribution in [-0.2, 0) is 17.1 Å². The molecule has 0 spiro atoms. The zero-order valence-electron chi connectivity index (χ0n) is 11.8. The number of pyridine rings is 1. The van der Waals surface area contributed by atoms with Gasteiger partial charge in [0, 0.05) is 31.7 Å². The van der Waals surface area contributed by atoms with E-state index in [9.17, 15) is 8.42 Å². The molecule has 0 atom stereocenters. The number of hydrogen-bond acceptors (Lipinski definition) is 5. The van der Waals surface area contributed by atoms with Crippen LogP contribution in [0.25, 0.3) is 11.0 Å². The van der Waals surface area contributed by atoms with E-state index in [4.69, 9.17) is 0 Å². The molecule has 7 nitrogen and oxygen atoms in total. The normalized spacial score (nSPS) is 12.2. The summed E-state index contributed by atoms with van der Waals surface area (Å²) in [6, 6.07) is 1.61. The lowest BCUT2D eigenvalue weighted by Crippen LogP contribution is -2.31. The van der Waals surface area contributed by atoms with Crippen molar-refractivity contribution in [1.82, 2.24) is 24.8 Å². The van der Waals surface area contributed by atoms with E-state index in [1.807, 2.05) is 13.8 Å². The Labute approximate surface area is 118 Å². The van der Waals surface area contributed by atoms with Gasteiger partial charge in [0.25, 0.3) is 0 Å². The fourth-order valence-electron chi connectivity index (χ4n) is 1.97. The summed E-state index contributed by atoms with van der Waals surface area (Å²) in [5, 5.41) is 8.04. The molecule has 0 aliphatic heterocycles. The van der Waals surface area contributed by atoms with Gasteiger partial charge in [-0.3, -0.25) is 4.68 Å². The molecule has 0 fully saturated rings. The quantitative estimate of drug-likeness (QED) is 0.742. The van der Waals surface area contributed by atoms with E-state index in [0.717, 1.165) is 17.6 Å². The van der Waals surface area contributed by atoms with Crippen molar-refractivity contribution < 1.29 is 8.42 Å². The average molecular weight is 297 g/mol. The standard InChI is InChI=1S/C12H19N5O2S/c1-4-13-5-6-15-20(18,19)10-7-11-9(2)16-17(3)12(11)14-8-10/h7-8,13,15H,4-6H2,1-3H3. The maximum Gasteiger partial charge on any atom is 0.242 e. The van der Waals surface area contributed by atoms with Crippen LogP contribution in [0.2, 0.25) is 0 Å². The highest BCUT2D eigenvalue weighted by atomic mass is 32.2. The van der Waals surface area contributed by atoms with Gasteiger partial charge in [0.2, 0.25) is 10.0 Å². The molecule has 2 N–H and O–H groups in total. The van der Waals surface area contributed by atoms with Crippen LogP contribution in [0.4, 0.5) is 0 Å². The molecule has 0 bridgehead atoms. The van der Waals surface area contributed by atoms with Gasteiger partial charge in [-0.05, 0) is 19.5 Å². The molecule has 2 aromatic heterocycles. The van der Waals surface area contributed by atoms with E-state index >= 15 is 0 Å². The summed E-state index contributed by atoms with van der Waals surface area (Å²) in [5.41, 5.74) is 1.44. The number of fused-ring (bicyclic) bond motifs is 1. The molecule has 0 amide bonds. The fraction of sp³-hybridized carbons (Fsp3) is 0.500. The molecular weight excluding hydrogens is 278 g/mol. The van der Waals surface area contributed by atoms with E-state index < -0.39 is 10.0 Å². The fourth-order valence-corrected chi connectivity index (χ4v) is 2.97. The van der Waals surface area contributed by atoms with Crippen molar-refractivity contribution in [3.05, 3.63) is 18.0 Å². The van der Waals surface area contributed by atoms with Crippen LogP contribution in [0.3, 0.4) is 0 Å². The topological polar surface area (TPSA) is 88.9 Å². The lowest BCUT2D eigenvalue weighted by Gasteiger charge is -2.07. The van der Waals surface area contributed by atoms with Crippen LogP contribution in [0.5, 0.6) is 0 Å². The smallest absolute Gasteiger partial charge is 0.242 e. The van der Waals surface area contributed by atoms with Crippen LogP contribution in [0.15, 0.2) is 17.2 Å². The van der Waals surface area contributed by atoms with Crippen molar-refractivity contribution in [2.45, 2.75) is 18.7 Å². The molecule has 0 aromatic carbocycles. The maximum absolute atomic E-state index is 12.2. The van der Waals surface area contributed by atoms with Crippen LogP contribution >= 0.6 is 0 Å². The Hall–Kier alpha value is -1.51. The van der Waals surface area contributed by atoms with Gasteiger partial charge in [0.15, 0.2) is 5.65 Å². The number of nitrogens with zero attached hydrogens (tertiary/aromatic N) is 3. The number of aryl methyl sites for hydroxylation is 2. The Bertz CT molecular complexity index is 708. The molecule has 0 saturated heterocycles. The molecule has 2 rings (SSSR count). The summed E-state index contributed by atoms with van der Waals surface area (Å²) < 4.78 is 28.5. The van der Waals surface area contributed by atoms with Crippen molar-refractivity contribution in [2.24, 2.45) is 7.05 Å². The number of sulfonamides is 1. The highest BCUT2D eigenvalue weighted by Crippen LogP contribution is 2.18. The average Bonchev–Trinajstić information content (AvgIpc) is 2.70. The third-order valence-corrected chi connectivity index (χ3v) is 4.42. The van der Waals surface area contributed by atoms with E-state index in [2.05, 4.69) is 20.1 Å². The minimum atomic E-state index is -3.53. The summed E-state index contributed by atoms with van der Waals surface area (Å²) >= 11 is 0. The highest BCUT2D eigenvalue weighted by molar-refractivity contribution is 7.89. The van der Waals surface area contributed by atoms with Crippen LogP contribution in [0.1, 0.15) is 12.6 Å². The summed E-state index contributed by atoms with van der Waals surface area (Å²) in [5.74, 6) is 0. The van der Waals surface area contributed by atoms with Gasteiger partial charge in [-0.1, -0.05) is 6.92 Å². The molecule has 20 heavy (non-hydrogen) atoms. The SMILES string of the molecule is CCNCCNS(=O)(=O)c1cnc2c(c1)c(C)nn2C. The second-order valence-electron chi connectivity index (χ2n) is 4.50. The van der Waals surface area contributed by atoms with Crippen molar-refractivity contribution in [2.75, 3.05) is 19.6 Å². The zero-order chi connectivity index (χ0) is 14.8. The molecule has 0 saturated carbocycles. The first kappa shape index (κ1) is 14.9. The van der Waals surface area contributed by atoms with Crippen molar-refractivity contribution >= 4 is 21.1 Å². The Kier molecular flexibility index (Phi) is 4.36. The second-order valence-corrected chi connectivity index (χ2v) is 6.27. The molecule has 0 aliphatic carbocycles. The molecule has 110 valence electrons. The summed E-state index contributed by atoms with van der Waals surface area (Å²) in [7, 11) is -1.75. The van der Waals surface area contributed by atoms with Gasteiger partial charge in [0.1, 0.15) is 4.90 Å². The largest absolute Gasteiger partial charge is 0.316 e. The molecule has 2 aromatic rings. The van der Waals surface area contributed by atoms with Crippen molar-refractivity contribution in [1.29, 1.82) is 0 Å². The number of hydrogen-bond donors (Lipinski definition) is 2. The van der Waals surface area contributed by atoms with Gasteiger partial charge in [-0.25, -0.2) is 18.1 Å². The molecule has 0 aliphatic rings. The number of nitrogens with one attached hydrogen (secondary N) is 2. The molecule has 0 unspecified atom stereocenters. The van der Waals surface area contributed by atoms with E-state index in [1.54, 1.807) is 17.8 Å². The highest BCUT2D eigenvalue weighted by Gasteiger charge is 2.16. The first-order valence-corrected chi connectivity index (χ1v) is 7.93. The first-order valence-electron chi connectivity index (χ1n) is 6.45. The first-order chi connectivity index (χ1) is 9.45. The maximum atomic E-state index is 12.2. The molecule has 2 heterocycles. The third kappa shape index (κ3) is 2.97. The van der Waals surface area contributed by atoms with E-state index in [1.165, 1.54) is 6.20 Å². The van der Waals surface area contributed by atoms with Gasteiger partial charge >= 0.3 is 0 Å². The lowest BCUT2D eigenvalue weighted by atomic mass is 10.3. The van der Waals surface area contributed by atoms with Crippen LogP contribution in [-0.4, -0.2) is 42.8 Å². The minimum Gasteiger partial charge on any atom is -0.316 e. The Morgan fingerprint density at radius 3 is 2.80 bits per heavy atom. The zero-order valence-corrected chi connectivity index (χ0v) is 12.7. The summed E-state index contributed by atoms with van der Waals surface area (Å²) in [6.07, 6.45) is 1.36. The number of aromatic nitrogens is 3. The molecule has 0 radical (unpaired) electrons. The summed E-state index contributed by atoms with van der Waals surface area (Å²) in [6.45, 7) is 5.55.